The Labute approximate surface area is 233 Å². The predicted molar refractivity (Wildman–Crippen MR) is 160 cm³/mol. The zero-order chi connectivity index (χ0) is 28.0. The van der Waals surface area contributed by atoms with Crippen LogP contribution in [0.25, 0.3) is 11.3 Å². The molecule has 0 bridgehead atoms. The van der Waals surface area contributed by atoms with Crippen molar-refractivity contribution in [1.82, 2.24) is 14.9 Å². The van der Waals surface area contributed by atoms with Gasteiger partial charge in [0.2, 0.25) is 17.8 Å². The normalized spacial score (nSPS) is 13.1. The quantitative estimate of drug-likeness (QED) is 0.302. The minimum Gasteiger partial charge on any atom is -0.342 e. The van der Waals surface area contributed by atoms with Crippen molar-refractivity contribution < 1.29 is 9.59 Å². The van der Waals surface area contributed by atoms with Crippen LogP contribution in [-0.2, 0) is 9.59 Å². The molecule has 1 aliphatic carbocycles. The molecule has 7 nitrogen and oxygen atoms in total. The van der Waals surface area contributed by atoms with E-state index in [4.69, 9.17) is 0 Å². The van der Waals surface area contributed by atoms with Crippen molar-refractivity contribution in [2.24, 2.45) is 5.92 Å². The second kappa shape index (κ2) is 15.6. The van der Waals surface area contributed by atoms with E-state index in [1.54, 1.807) is 6.20 Å². The minimum absolute atomic E-state index is 0.0885. The van der Waals surface area contributed by atoms with Crippen LogP contribution in [0.5, 0.6) is 0 Å². The maximum Gasteiger partial charge on any atom is 0.227 e. The number of aryl methyl sites for hydroxylation is 1. The molecular weight excluding hydrogens is 486 g/mol. The highest BCUT2D eigenvalue weighted by Crippen LogP contribution is 2.25. The Kier molecular flexibility index (Phi) is 11.9. The van der Waals surface area contributed by atoms with Crippen molar-refractivity contribution in [2.75, 3.05) is 23.7 Å². The molecular formula is C32H43N5O2. The molecule has 2 aromatic carbocycles. The van der Waals surface area contributed by atoms with Gasteiger partial charge in [-0.05, 0) is 62.9 Å². The van der Waals surface area contributed by atoms with E-state index in [9.17, 15) is 9.59 Å². The van der Waals surface area contributed by atoms with Gasteiger partial charge in [-0.25, -0.2) is 9.97 Å². The SMILES string of the molecule is CC(=O)Nc1ccc(-c2ccnc(Nc3ccc(C)cc3)n2)cc1.CCCN(CCC)C(=O)C1CCCCC1. The van der Waals surface area contributed by atoms with Gasteiger partial charge in [0.05, 0.1) is 5.69 Å². The van der Waals surface area contributed by atoms with E-state index < -0.39 is 0 Å². The molecule has 7 heteroatoms. The summed E-state index contributed by atoms with van der Waals surface area (Å²) in [5.74, 6) is 1.23. The topological polar surface area (TPSA) is 87.2 Å². The van der Waals surface area contributed by atoms with Crippen molar-refractivity contribution in [2.45, 2.75) is 72.6 Å². The van der Waals surface area contributed by atoms with Crippen LogP contribution in [0.15, 0.2) is 60.8 Å². The molecule has 1 saturated carbocycles. The average Bonchev–Trinajstić information content (AvgIpc) is 2.95. The molecule has 2 amide bonds. The van der Waals surface area contributed by atoms with Gasteiger partial charge in [0.1, 0.15) is 0 Å². The third-order valence-electron chi connectivity index (χ3n) is 6.72. The number of benzene rings is 2. The number of nitrogens with one attached hydrogen (secondary N) is 2. The molecule has 208 valence electrons. The lowest BCUT2D eigenvalue weighted by Crippen LogP contribution is -2.38. The van der Waals surface area contributed by atoms with Gasteiger partial charge in [0.15, 0.2) is 0 Å². The van der Waals surface area contributed by atoms with Crippen molar-refractivity contribution in [3.05, 3.63) is 66.4 Å². The lowest BCUT2D eigenvalue weighted by molar-refractivity contribution is -0.136. The Bertz CT molecular complexity index is 1170. The zero-order valence-electron chi connectivity index (χ0n) is 23.9. The molecule has 0 unspecified atom stereocenters. The third-order valence-corrected chi connectivity index (χ3v) is 6.72. The van der Waals surface area contributed by atoms with Crippen molar-refractivity contribution in [3.8, 4) is 11.3 Å². The van der Waals surface area contributed by atoms with Crippen molar-refractivity contribution >= 4 is 29.1 Å². The van der Waals surface area contributed by atoms with Crippen LogP contribution in [0.2, 0.25) is 0 Å². The second-order valence-electron chi connectivity index (χ2n) is 10.2. The van der Waals surface area contributed by atoms with E-state index in [1.807, 2.05) is 61.5 Å². The summed E-state index contributed by atoms with van der Waals surface area (Å²) in [6.45, 7) is 9.73. The zero-order valence-corrected chi connectivity index (χ0v) is 23.9. The number of anilines is 3. The molecule has 2 N–H and O–H groups in total. The van der Waals surface area contributed by atoms with Gasteiger partial charge in [-0.3, -0.25) is 9.59 Å². The Morgan fingerprint density at radius 3 is 2.08 bits per heavy atom. The van der Waals surface area contributed by atoms with Crippen molar-refractivity contribution in [1.29, 1.82) is 0 Å². The summed E-state index contributed by atoms with van der Waals surface area (Å²) >= 11 is 0. The fraction of sp³-hybridized carbons (Fsp3) is 0.438. The summed E-state index contributed by atoms with van der Waals surface area (Å²) in [5, 5.41) is 5.95. The van der Waals surface area contributed by atoms with Crippen LogP contribution in [0.4, 0.5) is 17.3 Å². The van der Waals surface area contributed by atoms with E-state index in [0.717, 1.165) is 61.4 Å². The van der Waals surface area contributed by atoms with Gasteiger partial charge >= 0.3 is 0 Å². The van der Waals surface area contributed by atoms with Crippen molar-refractivity contribution in [3.63, 3.8) is 0 Å². The first-order valence-corrected chi connectivity index (χ1v) is 14.2. The standard InChI is InChI=1S/C19H18N4O.C13H25NO/c1-13-3-7-17(8-4-13)22-19-20-12-11-18(23-19)15-5-9-16(10-6-15)21-14(2)24;1-3-10-14(11-4-2)13(15)12-8-6-5-7-9-12/h3-12H,1-2H3,(H,21,24)(H,20,22,23);12H,3-11H2,1-2H3. The average molecular weight is 530 g/mol. The fourth-order valence-electron chi connectivity index (χ4n) is 4.75. The summed E-state index contributed by atoms with van der Waals surface area (Å²) in [6, 6.07) is 17.5. The summed E-state index contributed by atoms with van der Waals surface area (Å²) in [4.78, 5) is 34.2. The first kappa shape index (κ1) is 29.8. The molecule has 1 heterocycles. The fourth-order valence-corrected chi connectivity index (χ4v) is 4.75. The lowest BCUT2D eigenvalue weighted by Gasteiger charge is -2.28. The van der Waals surface area contributed by atoms with Crippen LogP contribution in [0.3, 0.4) is 0 Å². The van der Waals surface area contributed by atoms with Gasteiger partial charge in [-0.1, -0.05) is 62.9 Å². The third kappa shape index (κ3) is 9.82. The highest BCUT2D eigenvalue weighted by molar-refractivity contribution is 5.88. The number of hydrogen-bond acceptors (Lipinski definition) is 5. The molecule has 0 aliphatic heterocycles. The predicted octanol–water partition coefficient (Wildman–Crippen LogP) is 7.37. The molecule has 0 atom stereocenters. The summed E-state index contributed by atoms with van der Waals surface area (Å²) in [6.07, 6.45) is 9.97. The molecule has 1 aromatic heterocycles. The molecule has 0 radical (unpaired) electrons. The van der Waals surface area contributed by atoms with Crippen LogP contribution in [0, 0.1) is 12.8 Å². The first-order chi connectivity index (χ1) is 18.9. The van der Waals surface area contributed by atoms with E-state index >= 15 is 0 Å². The first-order valence-electron chi connectivity index (χ1n) is 14.2. The Morgan fingerprint density at radius 2 is 1.49 bits per heavy atom. The van der Waals surface area contributed by atoms with E-state index in [-0.39, 0.29) is 5.91 Å². The molecule has 1 fully saturated rings. The number of amides is 2. The van der Waals surface area contributed by atoms with Gasteiger partial charge in [0, 0.05) is 49.1 Å². The molecule has 1 aliphatic rings. The Balaban J connectivity index is 0.000000242. The minimum atomic E-state index is -0.0885. The molecule has 0 saturated heterocycles. The molecule has 3 aromatic rings. The van der Waals surface area contributed by atoms with E-state index in [1.165, 1.54) is 31.7 Å². The van der Waals surface area contributed by atoms with Gasteiger partial charge in [-0.15, -0.1) is 0 Å². The molecule has 4 rings (SSSR count). The maximum absolute atomic E-state index is 12.2. The number of carbonyl (C=O) groups is 2. The van der Waals surface area contributed by atoms with E-state index in [2.05, 4.69) is 39.3 Å². The molecule has 0 spiro atoms. The number of nitrogens with zero attached hydrogens (tertiary/aromatic N) is 3. The van der Waals surface area contributed by atoms with Gasteiger partial charge < -0.3 is 15.5 Å². The monoisotopic (exact) mass is 529 g/mol. The van der Waals surface area contributed by atoms with Crippen LogP contribution in [-0.4, -0.2) is 39.8 Å². The number of aromatic nitrogens is 2. The second-order valence-corrected chi connectivity index (χ2v) is 10.2. The number of carbonyl (C=O) groups excluding carboxylic acids is 2. The summed E-state index contributed by atoms with van der Waals surface area (Å²) in [7, 11) is 0. The highest BCUT2D eigenvalue weighted by Gasteiger charge is 2.24. The largest absolute Gasteiger partial charge is 0.342 e. The van der Waals surface area contributed by atoms with E-state index in [0.29, 0.717) is 17.8 Å². The smallest absolute Gasteiger partial charge is 0.227 e. The van der Waals surface area contributed by atoms with Gasteiger partial charge in [0.25, 0.3) is 0 Å². The Morgan fingerprint density at radius 1 is 0.872 bits per heavy atom. The van der Waals surface area contributed by atoms with Crippen LogP contribution >= 0.6 is 0 Å². The Hall–Kier alpha value is -3.74. The van der Waals surface area contributed by atoms with Crippen LogP contribution in [0.1, 0.15) is 71.3 Å². The van der Waals surface area contributed by atoms with Crippen LogP contribution < -0.4 is 10.6 Å². The molecule has 39 heavy (non-hydrogen) atoms. The van der Waals surface area contributed by atoms with Gasteiger partial charge in [-0.2, -0.15) is 0 Å². The highest BCUT2D eigenvalue weighted by atomic mass is 16.2. The summed E-state index contributed by atoms with van der Waals surface area (Å²) < 4.78 is 0. The maximum atomic E-state index is 12.2. The lowest BCUT2D eigenvalue weighted by atomic mass is 9.88. The number of rotatable bonds is 9. The number of hydrogen-bond donors (Lipinski definition) is 2. The summed E-state index contributed by atoms with van der Waals surface area (Å²) in [5.41, 5.74) is 4.68.